The van der Waals surface area contributed by atoms with Gasteiger partial charge in [0.2, 0.25) is 5.91 Å². The standard InChI is InChI=1S/C17H27N3O/c1-14-7-6-10-20(16(14)11-18)17(21)13-19(2)12-15-8-4-3-5-9-15/h3-5,8-9,14,16H,6-7,10-13,18H2,1-2H3. The van der Waals surface area contributed by atoms with Crippen LogP contribution in [-0.2, 0) is 11.3 Å². The van der Waals surface area contributed by atoms with Crippen molar-refractivity contribution in [2.45, 2.75) is 32.4 Å². The molecule has 0 bridgehead atoms. The van der Waals surface area contributed by atoms with Crippen LogP contribution in [0.15, 0.2) is 30.3 Å². The Morgan fingerprint density at radius 2 is 2.10 bits per heavy atom. The number of likely N-dealkylation sites (N-methyl/N-ethyl adjacent to an activating group) is 1. The Morgan fingerprint density at radius 3 is 2.76 bits per heavy atom. The highest BCUT2D eigenvalue weighted by Crippen LogP contribution is 2.22. The molecule has 0 radical (unpaired) electrons. The van der Waals surface area contributed by atoms with Crippen LogP contribution in [0.4, 0.5) is 0 Å². The van der Waals surface area contributed by atoms with Gasteiger partial charge >= 0.3 is 0 Å². The van der Waals surface area contributed by atoms with Crippen LogP contribution in [0.3, 0.4) is 0 Å². The summed E-state index contributed by atoms with van der Waals surface area (Å²) < 4.78 is 0. The molecule has 1 saturated heterocycles. The first-order valence-corrected chi connectivity index (χ1v) is 7.84. The molecule has 0 spiro atoms. The zero-order valence-electron chi connectivity index (χ0n) is 13.2. The molecule has 2 unspecified atom stereocenters. The molecule has 4 nitrogen and oxygen atoms in total. The van der Waals surface area contributed by atoms with Crippen LogP contribution in [0.5, 0.6) is 0 Å². The van der Waals surface area contributed by atoms with Gasteiger partial charge in [-0.25, -0.2) is 0 Å². The van der Waals surface area contributed by atoms with Gasteiger partial charge in [0.15, 0.2) is 0 Å². The van der Waals surface area contributed by atoms with Crippen molar-refractivity contribution in [3.8, 4) is 0 Å². The molecule has 1 aromatic carbocycles. The van der Waals surface area contributed by atoms with Gasteiger partial charge in [0.05, 0.1) is 6.54 Å². The van der Waals surface area contributed by atoms with Crippen molar-refractivity contribution < 1.29 is 4.79 Å². The van der Waals surface area contributed by atoms with Crippen LogP contribution >= 0.6 is 0 Å². The number of hydrogen-bond acceptors (Lipinski definition) is 3. The van der Waals surface area contributed by atoms with E-state index in [1.54, 1.807) is 0 Å². The predicted octanol–water partition coefficient (Wildman–Crippen LogP) is 1.70. The first-order valence-electron chi connectivity index (χ1n) is 7.84. The maximum absolute atomic E-state index is 12.5. The summed E-state index contributed by atoms with van der Waals surface area (Å²) in [6.45, 7) is 4.87. The number of hydrogen-bond donors (Lipinski definition) is 1. The van der Waals surface area contributed by atoms with Crippen molar-refractivity contribution >= 4 is 5.91 Å². The molecular weight excluding hydrogens is 262 g/mol. The number of nitrogens with zero attached hydrogens (tertiary/aromatic N) is 2. The zero-order chi connectivity index (χ0) is 15.2. The van der Waals surface area contributed by atoms with E-state index in [9.17, 15) is 4.79 Å². The summed E-state index contributed by atoms with van der Waals surface area (Å²) in [6.07, 6.45) is 2.26. The Kier molecular flexibility index (Phi) is 5.76. The van der Waals surface area contributed by atoms with E-state index in [2.05, 4.69) is 24.0 Å². The number of benzene rings is 1. The molecule has 1 heterocycles. The van der Waals surface area contributed by atoms with Gasteiger partial charge in [-0.15, -0.1) is 0 Å². The molecule has 1 amide bonds. The highest BCUT2D eigenvalue weighted by molar-refractivity contribution is 5.78. The SMILES string of the molecule is CC1CCCN(C(=O)CN(C)Cc2ccccc2)C1CN. The lowest BCUT2D eigenvalue weighted by atomic mass is 9.90. The summed E-state index contributed by atoms with van der Waals surface area (Å²) in [7, 11) is 2.00. The highest BCUT2D eigenvalue weighted by Gasteiger charge is 2.30. The van der Waals surface area contributed by atoms with E-state index in [1.165, 1.54) is 12.0 Å². The normalized spacial score (nSPS) is 22.6. The third-order valence-corrected chi connectivity index (χ3v) is 4.38. The molecule has 1 aliphatic rings. The molecule has 1 aromatic rings. The molecule has 0 aromatic heterocycles. The minimum Gasteiger partial charge on any atom is -0.337 e. The molecule has 0 saturated carbocycles. The summed E-state index contributed by atoms with van der Waals surface area (Å²) in [5, 5.41) is 0. The van der Waals surface area contributed by atoms with Gasteiger partial charge in [0.1, 0.15) is 0 Å². The van der Waals surface area contributed by atoms with Gasteiger partial charge in [-0.1, -0.05) is 37.3 Å². The van der Waals surface area contributed by atoms with Gasteiger partial charge in [0.25, 0.3) is 0 Å². The Bertz CT molecular complexity index is 449. The number of piperidine rings is 1. The molecule has 4 heteroatoms. The molecule has 2 rings (SSSR count). The van der Waals surface area contributed by atoms with Crippen molar-refractivity contribution in [3.63, 3.8) is 0 Å². The summed E-state index contributed by atoms with van der Waals surface area (Å²) in [4.78, 5) is 16.6. The van der Waals surface area contributed by atoms with Crippen LogP contribution in [0.1, 0.15) is 25.3 Å². The second-order valence-electron chi connectivity index (χ2n) is 6.17. The number of likely N-dealkylation sites (tertiary alicyclic amines) is 1. The summed E-state index contributed by atoms with van der Waals surface area (Å²) in [6, 6.07) is 10.5. The molecule has 2 N–H and O–H groups in total. The molecular formula is C17H27N3O. The molecule has 116 valence electrons. The van der Waals surface area contributed by atoms with Crippen molar-refractivity contribution in [1.82, 2.24) is 9.80 Å². The third kappa shape index (κ3) is 4.29. The van der Waals surface area contributed by atoms with E-state index in [4.69, 9.17) is 5.73 Å². The summed E-state index contributed by atoms with van der Waals surface area (Å²) in [5.41, 5.74) is 7.10. The summed E-state index contributed by atoms with van der Waals surface area (Å²) in [5.74, 6) is 0.711. The van der Waals surface area contributed by atoms with Crippen molar-refractivity contribution in [3.05, 3.63) is 35.9 Å². The number of rotatable bonds is 5. The number of carbonyl (C=O) groups is 1. The monoisotopic (exact) mass is 289 g/mol. The average Bonchev–Trinajstić information content (AvgIpc) is 2.47. The lowest BCUT2D eigenvalue weighted by Crippen LogP contribution is -2.53. The van der Waals surface area contributed by atoms with Crippen LogP contribution < -0.4 is 5.73 Å². The van der Waals surface area contributed by atoms with E-state index in [0.717, 1.165) is 19.5 Å². The zero-order valence-corrected chi connectivity index (χ0v) is 13.2. The van der Waals surface area contributed by atoms with Gasteiger partial charge in [-0.2, -0.15) is 0 Å². The highest BCUT2D eigenvalue weighted by atomic mass is 16.2. The minimum atomic E-state index is 0.204. The third-order valence-electron chi connectivity index (χ3n) is 4.38. The van der Waals surface area contributed by atoms with Crippen molar-refractivity contribution in [2.24, 2.45) is 11.7 Å². The van der Waals surface area contributed by atoms with Gasteiger partial charge < -0.3 is 10.6 Å². The Balaban J connectivity index is 1.90. The predicted molar refractivity (Wildman–Crippen MR) is 85.7 cm³/mol. The van der Waals surface area contributed by atoms with Gasteiger partial charge in [-0.3, -0.25) is 9.69 Å². The van der Waals surface area contributed by atoms with E-state index < -0.39 is 0 Å². The lowest BCUT2D eigenvalue weighted by Gasteiger charge is -2.40. The molecule has 1 aliphatic heterocycles. The topological polar surface area (TPSA) is 49.6 Å². The van der Waals surface area contributed by atoms with E-state index >= 15 is 0 Å². The minimum absolute atomic E-state index is 0.204. The van der Waals surface area contributed by atoms with E-state index in [1.807, 2.05) is 30.1 Å². The second kappa shape index (κ2) is 7.57. The quantitative estimate of drug-likeness (QED) is 0.897. The summed E-state index contributed by atoms with van der Waals surface area (Å²) >= 11 is 0. The van der Waals surface area contributed by atoms with Crippen LogP contribution in [0, 0.1) is 5.92 Å². The van der Waals surface area contributed by atoms with Gasteiger partial charge in [0, 0.05) is 25.7 Å². The second-order valence-corrected chi connectivity index (χ2v) is 6.17. The fraction of sp³-hybridized carbons (Fsp3) is 0.588. The number of carbonyl (C=O) groups excluding carboxylic acids is 1. The smallest absolute Gasteiger partial charge is 0.237 e. The maximum atomic E-state index is 12.5. The fourth-order valence-corrected chi connectivity index (χ4v) is 3.19. The van der Waals surface area contributed by atoms with Crippen molar-refractivity contribution in [1.29, 1.82) is 0 Å². The largest absolute Gasteiger partial charge is 0.337 e. The Morgan fingerprint density at radius 1 is 1.38 bits per heavy atom. The van der Waals surface area contributed by atoms with E-state index in [0.29, 0.717) is 19.0 Å². The van der Waals surface area contributed by atoms with Crippen LogP contribution in [0.25, 0.3) is 0 Å². The number of amides is 1. The van der Waals surface area contributed by atoms with Crippen LogP contribution in [-0.4, -0.2) is 48.4 Å². The molecule has 0 aliphatic carbocycles. The molecule has 1 fully saturated rings. The Labute approximate surface area is 127 Å². The Hall–Kier alpha value is -1.39. The van der Waals surface area contributed by atoms with Gasteiger partial charge in [-0.05, 0) is 31.4 Å². The first kappa shape index (κ1) is 16.0. The average molecular weight is 289 g/mol. The lowest BCUT2D eigenvalue weighted by molar-refractivity contribution is -0.137. The molecule has 2 atom stereocenters. The fourth-order valence-electron chi connectivity index (χ4n) is 3.19. The van der Waals surface area contributed by atoms with Crippen molar-refractivity contribution in [2.75, 3.05) is 26.7 Å². The first-order chi connectivity index (χ1) is 10.1. The van der Waals surface area contributed by atoms with Crippen LogP contribution in [0.2, 0.25) is 0 Å². The maximum Gasteiger partial charge on any atom is 0.237 e. The number of nitrogens with two attached hydrogens (primary N) is 1. The van der Waals surface area contributed by atoms with E-state index in [-0.39, 0.29) is 11.9 Å². The molecule has 21 heavy (non-hydrogen) atoms.